The summed E-state index contributed by atoms with van der Waals surface area (Å²) in [5, 5.41) is 4.38. The fraction of sp³-hybridized carbons (Fsp3) is 0.286. The van der Waals surface area contributed by atoms with Crippen molar-refractivity contribution in [1.82, 2.24) is 9.55 Å². The zero-order valence-corrected chi connectivity index (χ0v) is 17.8. The molecule has 3 aromatic rings. The van der Waals surface area contributed by atoms with E-state index in [1.807, 2.05) is 31.2 Å². The van der Waals surface area contributed by atoms with Crippen molar-refractivity contribution >= 4 is 45.9 Å². The molecule has 1 N–H and O–H groups in total. The van der Waals surface area contributed by atoms with Crippen LogP contribution in [-0.2, 0) is 22.5 Å². The fourth-order valence-electron chi connectivity index (χ4n) is 2.93. The largest absolute Gasteiger partial charge is 0.383 e. The first-order valence-electron chi connectivity index (χ1n) is 9.23. The molecule has 0 aliphatic rings. The number of hydrogen-bond acceptors (Lipinski definition) is 5. The minimum Gasteiger partial charge on any atom is -0.383 e. The lowest BCUT2D eigenvalue weighted by Crippen LogP contribution is -2.26. The van der Waals surface area contributed by atoms with Crippen molar-refractivity contribution in [2.75, 3.05) is 24.8 Å². The number of nitrogens with zero attached hydrogens (tertiary/aromatic N) is 2. The molecule has 0 saturated heterocycles. The molecule has 0 aliphatic heterocycles. The summed E-state index contributed by atoms with van der Waals surface area (Å²) < 4.78 is 6.66. The second-order valence-electron chi connectivity index (χ2n) is 6.35. The topological polar surface area (TPSA) is 73.2 Å². The third-order valence-electron chi connectivity index (χ3n) is 4.41. The smallest absolute Gasteiger partial charge is 0.262 e. The van der Waals surface area contributed by atoms with E-state index in [2.05, 4.69) is 10.3 Å². The molecule has 0 spiro atoms. The van der Waals surface area contributed by atoms with Crippen LogP contribution in [-0.4, -0.2) is 34.9 Å². The molecule has 0 bridgehead atoms. The fourth-order valence-corrected chi connectivity index (χ4v) is 3.92. The number of aryl methyl sites for hydroxylation is 1. The molecule has 0 atom stereocenters. The molecule has 1 aromatic heterocycles. The number of carbonyl (C=O) groups is 1. The number of hydrogen-bond donors (Lipinski definition) is 1. The Morgan fingerprint density at radius 2 is 2.07 bits per heavy atom. The van der Waals surface area contributed by atoms with Gasteiger partial charge in [0, 0.05) is 17.8 Å². The summed E-state index contributed by atoms with van der Waals surface area (Å²) in [5.74, 6) is -0.0292. The number of methoxy groups -OCH3 is 1. The average molecular weight is 432 g/mol. The van der Waals surface area contributed by atoms with Crippen LogP contribution in [0.5, 0.6) is 0 Å². The number of ether oxygens (including phenoxy) is 1. The highest BCUT2D eigenvalue weighted by atomic mass is 35.5. The summed E-state index contributed by atoms with van der Waals surface area (Å²) in [6, 6.07) is 12.7. The van der Waals surface area contributed by atoms with E-state index in [0.717, 1.165) is 17.7 Å². The molecule has 1 amide bonds. The van der Waals surface area contributed by atoms with Gasteiger partial charge in [-0.25, -0.2) is 4.98 Å². The van der Waals surface area contributed by atoms with Crippen molar-refractivity contribution in [1.29, 1.82) is 0 Å². The van der Waals surface area contributed by atoms with Crippen LogP contribution in [0.4, 0.5) is 5.69 Å². The standard InChI is InChI=1S/C21H22ClN3O3S/c1-3-14-6-4-5-7-17(14)23-19(26)13-29-21-24-18-12-15(22)8-9-16(18)20(27)25(21)10-11-28-2/h4-9,12H,3,10-11,13H2,1-2H3,(H,23,26). The van der Waals surface area contributed by atoms with Gasteiger partial charge in [-0.15, -0.1) is 0 Å². The number of benzene rings is 2. The highest BCUT2D eigenvalue weighted by Crippen LogP contribution is 2.21. The second kappa shape index (κ2) is 9.91. The zero-order valence-electron chi connectivity index (χ0n) is 16.3. The van der Waals surface area contributed by atoms with E-state index in [9.17, 15) is 9.59 Å². The quantitative estimate of drug-likeness (QED) is 0.431. The average Bonchev–Trinajstić information content (AvgIpc) is 2.72. The first-order valence-corrected chi connectivity index (χ1v) is 10.6. The molecule has 8 heteroatoms. The van der Waals surface area contributed by atoms with E-state index < -0.39 is 0 Å². The normalized spacial score (nSPS) is 11.0. The SMILES string of the molecule is CCc1ccccc1NC(=O)CSc1nc2cc(Cl)ccc2c(=O)n1CCOC. The van der Waals surface area contributed by atoms with Gasteiger partial charge in [0.15, 0.2) is 5.16 Å². The minimum absolute atomic E-state index is 0.129. The predicted molar refractivity (Wildman–Crippen MR) is 118 cm³/mol. The molecule has 152 valence electrons. The van der Waals surface area contributed by atoms with Gasteiger partial charge < -0.3 is 10.1 Å². The lowest BCUT2D eigenvalue weighted by Gasteiger charge is -2.13. The van der Waals surface area contributed by atoms with Crippen LogP contribution in [0.25, 0.3) is 10.9 Å². The molecule has 6 nitrogen and oxygen atoms in total. The van der Waals surface area contributed by atoms with E-state index in [1.165, 1.54) is 16.3 Å². The summed E-state index contributed by atoms with van der Waals surface area (Å²) in [5.41, 5.74) is 2.20. The number of fused-ring (bicyclic) bond motifs is 1. The third kappa shape index (κ3) is 5.18. The molecule has 0 unspecified atom stereocenters. The Morgan fingerprint density at radius 1 is 1.28 bits per heavy atom. The minimum atomic E-state index is -0.178. The van der Waals surface area contributed by atoms with Gasteiger partial charge in [-0.05, 0) is 36.2 Å². The van der Waals surface area contributed by atoms with E-state index in [-0.39, 0.29) is 17.2 Å². The van der Waals surface area contributed by atoms with Crippen LogP contribution in [0, 0.1) is 0 Å². The number of rotatable bonds is 8. The Bertz CT molecular complexity index is 1080. The van der Waals surface area contributed by atoms with Crippen molar-refractivity contribution in [3.05, 3.63) is 63.4 Å². The first kappa shape index (κ1) is 21.4. The molecule has 0 aliphatic carbocycles. The molecule has 0 saturated carbocycles. The highest BCUT2D eigenvalue weighted by molar-refractivity contribution is 7.99. The van der Waals surface area contributed by atoms with Crippen LogP contribution in [0.3, 0.4) is 0 Å². The monoisotopic (exact) mass is 431 g/mol. The summed E-state index contributed by atoms with van der Waals surface area (Å²) in [4.78, 5) is 30.0. The maximum atomic E-state index is 12.9. The Kier molecular flexibility index (Phi) is 7.30. The van der Waals surface area contributed by atoms with E-state index in [4.69, 9.17) is 16.3 Å². The van der Waals surface area contributed by atoms with Gasteiger partial charge >= 0.3 is 0 Å². The number of para-hydroxylation sites is 1. The predicted octanol–water partition coefficient (Wildman–Crippen LogP) is 3.99. The lowest BCUT2D eigenvalue weighted by atomic mass is 10.1. The number of amides is 1. The zero-order chi connectivity index (χ0) is 20.8. The Morgan fingerprint density at radius 3 is 2.83 bits per heavy atom. The van der Waals surface area contributed by atoms with Crippen molar-refractivity contribution in [3.63, 3.8) is 0 Å². The molecule has 2 aromatic carbocycles. The van der Waals surface area contributed by atoms with Gasteiger partial charge in [-0.2, -0.15) is 0 Å². The molecule has 3 rings (SSSR count). The van der Waals surface area contributed by atoms with E-state index >= 15 is 0 Å². The third-order valence-corrected chi connectivity index (χ3v) is 5.62. The number of nitrogens with one attached hydrogen (secondary N) is 1. The number of thioether (sulfide) groups is 1. The van der Waals surface area contributed by atoms with E-state index in [1.54, 1.807) is 25.3 Å². The van der Waals surface area contributed by atoms with Crippen LogP contribution in [0.1, 0.15) is 12.5 Å². The lowest BCUT2D eigenvalue weighted by molar-refractivity contribution is -0.113. The van der Waals surface area contributed by atoms with Crippen molar-refractivity contribution < 1.29 is 9.53 Å². The number of anilines is 1. The number of carbonyl (C=O) groups excluding carboxylic acids is 1. The van der Waals surface area contributed by atoms with Crippen LogP contribution in [0.2, 0.25) is 5.02 Å². The molecular formula is C21H22ClN3O3S. The summed E-state index contributed by atoms with van der Waals surface area (Å²) in [6.45, 7) is 2.76. The van der Waals surface area contributed by atoms with Gasteiger partial charge in [0.25, 0.3) is 5.56 Å². The molecule has 1 heterocycles. The molecular weight excluding hydrogens is 410 g/mol. The van der Waals surface area contributed by atoms with Gasteiger partial charge in [0.2, 0.25) is 5.91 Å². The molecule has 0 radical (unpaired) electrons. The Balaban J connectivity index is 1.84. The number of aromatic nitrogens is 2. The number of halogens is 1. The van der Waals surface area contributed by atoms with Crippen molar-refractivity contribution in [2.24, 2.45) is 0 Å². The maximum Gasteiger partial charge on any atom is 0.262 e. The van der Waals surface area contributed by atoms with Crippen LogP contribution >= 0.6 is 23.4 Å². The first-order chi connectivity index (χ1) is 14.0. The van der Waals surface area contributed by atoms with Crippen LogP contribution < -0.4 is 10.9 Å². The van der Waals surface area contributed by atoms with Gasteiger partial charge in [-0.3, -0.25) is 14.2 Å². The molecule has 0 fully saturated rings. The summed E-state index contributed by atoms with van der Waals surface area (Å²) in [6.07, 6.45) is 0.827. The summed E-state index contributed by atoms with van der Waals surface area (Å²) >= 11 is 7.27. The van der Waals surface area contributed by atoms with Crippen molar-refractivity contribution in [3.8, 4) is 0 Å². The van der Waals surface area contributed by atoms with Crippen LogP contribution in [0.15, 0.2) is 52.4 Å². The van der Waals surface area contributed by atoms with Gasteiger partial charge in [0.1, 0.15) is 0 Å². The Labute approximate surface area is 178 Å². The van der Waals surface area contributed by atoms with Gasteiger partial charge in [0.05, 0.1) is 29.8 Å². The highest BCUT2D eigenvalue weighted by Gasteiger charge is 2.14. The van der Waals surface area contributed by atoms with Crippen molar-refractivity contribution in [2.45, 2.75) is 25.0 Å². The van der Waals surface area contributed by atoms with E-state index in [0.29, 0.717) is 34.2 Å². The summed E-state index contributed by atoms with van der Waals surface area (Å²) in [7, 11) is 1.57. The van der Waals surface area contributed by atoms with Gasteiger partial charge in [-0.1, -0.05) is 48.5 Å². The Hall–Kier alpha value is -2.35. The second-order valence-corrected chi connectivity index (χ2v) is 7.73. The molecule has 29 heavy (non-hydrogen) atoms. The maximum absolute atomic E-state index is 12.9.